The lowest BCUT2D eigenvalue weighted by Crippen LogP contribution is -2.44. The Morgan fingerprint density at radius 1 is 1.07 bits per heavy atom. The highest BCUT2D eigenvalue weighted by atomic mass is 16.6. The zero-order chi connectivity index (χ0) is 29.3. The molecule has 12 nitrogen and oxygen atoms in total. The van der Waals surface area contributed by atoms with E-state index < -0.39 is 0 Å². The summed E-state index contributed by atoms with van der Waals surface area (Å²) >= 11 is 0. The number of nitro groups is 1. The van der Waals surface area contributed by atoms with E-state index in [2.05, 4.69) is 30.1 Å². The normalized spacial score (nSPS) is 16.2. The summed E-state index contributed by atoms with van der Waals surface area (Å²) in [7, 11) is 1.56. The number of piperidine rings is 1. The number of nitrogens with zero attached hydrogens (tertiary/aromatic N) is 6. The van der Waals surface area contributed by atoms with Crippen molar-refractivity contribution in [1.82, 2.24) is 24.8 Å². The summed E-state index contributed by atoms with van der Waals surface area (Å²) in [6.45, 7) is 3.85. The molecular weight excluding hydrogens is 548 g/mol. The molecule has 7 rings (SSSR count). The van der Waals surface area contributed by atoms with Crippen LogP contribution in [0.4, 0.5) is 23.0 Å². The zero-order valence-electron chi connectivity index (χ0n) is 23.8. The molecule has 2 aromatic carbocycles. The molecule has 2 saturated heterocycles. The number of ether oxygens (including phenoxy) is 1. The minimum Gasteiger partial charge on any atom is -0.494 e. The van der Waals surface area contributed by atoms with Gasteiger partial charge in [-0.2, -0.15) is 0 Å². The highest BCUT2D eigenvalue weighted by Crippen LogP contribution is 2.41. The van der Waals surface area contributed by atoms with Crippen molar-refractivity contribution in [3.8, 4) is 28.4 Å². The molecule has 43 heavy (non-hydrogen) atoms. The number of hydrogen-bond acceptors (Lipinski definition) is 10. The average molecular weight is 581 g/mol. The Bertz CT molecular complexity index is 1770. The molecule has 2 N–H and O–H groups in total. The van der Waals surface area contributed by atoms with Crippen LogP contribution in [-0.2, 0) is 0 Å². The fraction of sp³-hybridized carbons (Fsp3) is 0.323. The van der Waals surface area contributed by atoms with Gasteiger partial charge in [0.05, 0.1) is 47.4 Å². The quantitative estimate of drug-likeness (QED) is 0.166. The van der Waals surface area contributed by atoms with Crippen molar-refractivity contribution < 1.29 is 14.1 Å². The van der Waals surface area contributed by atoms with E-state index in [9.17, 15) is 10.1 Å². The summed E-state index contributed by atoms with van der Waals surface area (Å²) in [5.41, 5.74) is 4.68. The molecule has 0 amide bonds. The van der Waals surface area contributed by atoms with Gasteiger partial charge in [0.15, 0.2) is 0 Å². The van der Waals surface area contributed by atoms with Crippen LogP contribution in [0.15, 0.2) is 65.7 Å². The summed E-state index contributed by atoms with van der Waals surface area (Å²) in [5.74, 6) is 0.747. The maximum absolute atomic E-state index is 12.2. The first-order valence-electron chi connectivity index (χ1n) is 14.5. The number of imidazole rings is 1. The van der Waals surface area contributed by atoms with Crippen LogP contribution in [0.2, 0.25) is 0 Å². The lowest BCUT2D eigenvalue weighted by Gasteiger charge is -2.37. The number of likely N-dealkylation sites (tertiary alicyclic amines) is 1. The van der Waals surface area contributed by atoms with E-state index in [4.69, 9.17) is 14.1 Å². The van der Waals surface area contributed by atoms with E-state index in [1.165, 1.54) is 18.9 Å². The van der Waals surface area contributed by atoms with Crippen LogP contribution in [0, 0.1) is 10.1 Å². The minimum atomic E-state index is -0.337. The van der Waals surface area contributed by atoms with E-state index in [0.717, 1.165) is 55.6 Å². The molecule has 5 aromatic rings. The Labute approximate surface area is 247 Å². The first-order valence-corrected chi connectivity index (χ1v) is 14.5. The van der Waals surface area contributed by atoms with Crippen molar-refractivity contribution in [2.75, 3.05) is 43.5 Å². The summed E-state index contributed by atoms with van der Waals surface area (Å²) < 4.78 is 11.3. The number of hydrogen-bond donors (Lipinski definition) is 2. The molecule has 0 radical (unpaired) electrons. The number of methoxy groups -OCH3 is 1. The maximum Gasteiger partial charge on any atom is 0.294 e. The average Bonchev–Trinajstić information content (AvgIpc) is 3.83. The number of rotatable bonds is 8. The highest BCUT2D eigenvalue weighted by Gasteiger charge is 2.30. The predicted octanol–water partition coefficient (Wildman–Crippen LogP) is 6.00. The van der Waals surface area contributed by atoms with Gasteiger partial charge in [0.1, 0.15) is 17.0 Å². The van der Waals surface area contributed by atoms with E-state index in [1.54, 1.807) is 38.0 Å². The first kappa shape index (κ1) is 26.9. The fourth-order valence-electron chi connectivity index (χ4n) is 6.29. The van der Waals surface area contributed by atoms with E-state index in [1.807, 2.05) is 24.3 Å². The molecule has 2 aliphatic heterocycles. The number of aromatic amines is 1. The van der Waals surface area contributed by atoms with Crippen molar-refractivity contribution in [2.45, 2.75) is 31.7 Å². The summed E-state index contributed by atoms with van der Waals surface area (Å²) in [4.78, 5) is 33.4. The van der Waals surface area contributed by atoms with Gasteiger partial charge in [-0.25, -0.2) is 15.0 Å². The van der Waals surface area contributed by atoms with Crippen LogP contribution in [-0.4, -0.2) is 69.1 Å². The minimum absolute atomic E-state index is 0.0169. The number of furan rings is 1. The molecule has 0 aliphatic carbocycles. The van der Waals surface area contributed by atoms with Gasteiger partial charge in [-0.05, 0) is 57.0 Å². The van der Waals surface area contributed by atoms with Crippen LogP contribution < -0.4 is 15.0 Å². The third-order valence-electron chi connectivity index (χ3n) is 8.48. The van der Waals surface area contributed by atoms with Gasteiger partial charge in [-0.3, -0.25) is 10.1 Å². The van der Waals surface area contributed by atoms with Crippen molar-refractivity contribution >= 4 is 34.0 Å². The van der Waals surface area contributed by atoms with Crippen LogP contribution >= 0.6 is 0 Å². The van der Waals surface area contributed by atoms with Crippen molar-refractivity contribution in [3.63, 3.8) is 0 Å². The smallest absolute Gasteiger partial charge is 0.294 e. The largest absolute Gasteiger partial charge is 0.494 e. The molecule has 5 heterocycles. The van der Waals surface area contributed by atoms with Crippen molar-refractivity contribution in [3.05, 3.63) is 71.4 Å². The Balaban J connectivity index is 1.15. The number of aromatic nitrogens is 4. The third-order valence-corrected chi connectivity index (χ3v) is 8.48. The first-order chi connectivity index (χ1) is 21.1. The molecule has 0 atom stereocenters. The number of benzene rings is 2. The van der Waals surface area contributed by atoms with Gasteiger partial charge < -0.3 is 29.3 Å². The summed E-state index contributed by atoms with van der Waals surface area (Å²) in [6, 6.07) is 13.4. The Morgan fingerprint density at radius 2 is 1.91 bits per heavy atom. The second-order valence-corrected chi connectivity index (χ2v) is 10.9. The molecule has 2 aliphatic rings. The number of nitrogens with one attached hydrogen (secondary N) is 2. The fourth-order valence-corrected chi connectivity index (χ4v) is 6.29. The molecule has 0 spiro atoms. The number of H-pyrrole nitrogens is 1. The van der Waals surface area contributed by atoms with Gasteiger partial charge in [0, 0.05) is 48.4 Å². The van der Waals surface area contributed by atoms with Crippen LogP contribution in [0.25, 0.3) is 33.6 Å². The van der Waals surface area contributed by atoms with E-state index in [-0.39, 0.29) is 16.6 Å². The third kappa shape index (κ3) is 5.25. The summed E-state index contributed by atoms with van der Waals surface area (Å²) in [5, 5.41) is 16.4. The van der Waals surface area contributed by atoms with Crippen LogP contribution in [0.3, 0.4) is 0 Å². The molecule has 220 valence electrons. The lowest BCUT2D eigenvalue weighted by atomic mass is 10.0. The zero-order valence-corrected chi connectivity index (χ0v) is 23.8. The number of fused-ring (bicyclic) bond motifs is 1. The second-order valence-electron chi connectivity index (χ2n) is 10.9. The van der Waals surface area contributed by atoms with Gasteiger partial charge in [-0.15, -0.1) is 0 Å². The van der Waals surface area contributed by atoms with E-state index >= 15 is 0 Å². The van der Waals surface area contributed by atoms with Gasteiger partial charge >= 0.3 is 0 Å². The topological polar surface area (TPSA) is 138 Å². The molecule has 0 saturated carbocycles. The van der Waals surface area contributed by atoms with Gasteiger partial charge in [0.25, 0.3) is 5.69 Å². The molecule has 2 fully saturated rings. The molecule has 12 heteroatoms. The summed E-state index contributed by atoms with van der Waals surface area (Å²) in [6.07, 6.45) is 9.40. The number of nitro benzene ring substituents is 1. The van der Waals surface area contributed by atoms with Crippen molar-refractivity contribution in [1.29, 1.82) is 0 Å². The van der Waals surface area contributed by atoms with Gasteiger partial charge in [0.2, 0.25) is 5.95 Å². The SMILES string of the molecule is COc1cc(N2CCC(N3CCCC3)CC2)c([N+](=O)[O-])cc1Nc1nccc(-c2[nH]cnc2-c2ccc3ccoc3c2)n1. The standard InChI is InChI=1S/C31H32N8O4/c1-42-28-18-25(38-13-7-22(8-14-38)37-11-2-3-12-37)26(39(40)41)17-24(28)36-31-32-10-6-23(35-31)30-29(33-19-34-30)21-5-4-20-9-15-43-27(20)16-21/h4-6,9-10,15-19,22H,2-3,7-8,11-14H2,1H3,(H,33,34)(H,32,35,36). The monoisotopic (exact) mass is 580 g/mol. The predicted molar refractivity (Wildman–Crippen MR) is 164 cm³/mol. The Kier molecular flexibility index (Phi) is 7.11. The van der Waals surface area contributed by atoms with Crippen molar-refractivity contribution in [2.24, 2.45) is 0 Å². The second kappa shape index (κ2) is 11.4. The number of anilines is 3. The Hall–Kier alpha value is -4.97. The Morgan fingerprint density at radius 3 is 2.70 bits per heavy atom. The van der Waals surface area contributed by atoms with E-state index in [0.29, 0.717) is 40.2 Å². The molecular formula is C31H32N8O4. The van der Waals surface area contributed by atoms with Crippen LogP contribution in [0.1, 0.15) is 25.7 Å². The lowest BCUT2D eigenvalue weighted by molar-refractivity contribution is -0.384. The molecule has 0 unspecified atom stereocenters. The van der Waals surface area contributed by atoms with Gasteiger partial charge in [-0.1, -0.05) is 12.1 Å². The molecule has 0 bridgehead atoms. The molecule has 3 aromatic heterocycles. The maximum atomic E-state index is 12.2. The highest BCUT2D eigenvalue weighted by molar-refractivity contribution is 5.86. The van der Waals surface area contributed by atoms with Crippen LogP contribution in [0.5, 0.6) is 5.75 Å².